The molecular formula is C15H18ClN3S. The monoisotopic (exact) mass is 307 g/mol. The van der Waals surface area contributed by atoms with E-state index in [1.807, 2.05) is 30.3 Å². The van der Waals surface area contributed by atoms with Crippen LogP contribution in [-0.4, -0.2) is 27.4 Å². The van der Waals surface area contributed by atoms with Crippen molar-refractivity contribution in [2.45, 2.75) is 24.2 Å². The van der Waals surface area contributed by atoms with Crippen LogP contribution >= 0.6 is 23.5 Å². The van der Waals surface area contributed by atoms with E-state index < -0.39 is 0 Å². The molecule has 1 aliphatic heterocycles. The Hall–Kier alpha value is -0.970. The fourth-order valence-corrected chi connectivity index (χ4v) is 3.71. The van der Waals surface area contributed by atoms with Gasteiger partial charge in [0.15, 0.2) is 0 Å². The number of hydrogen-bond acceptors (Lipinski definition) is 3. The Morgan fingerprint density at radius 1 is 1.35 bits per heavy atom. The van der Waals surface area contributed by atoms with Crippen LogP contribution in [0.2, 0.25) is 5.02 Å². The molecule has 2 heterocycles. The molecule has 0 radical (unpaired) electrons. The van der Waals surface area contributed by atoms with E-state index in [1.165, 1.54) is 36.5 Å². The van der Waals surface area contributed by atoms with Crippen molar-refractivity contribution in [3.8, 4) is 0 Å². The van der Waals surface area contributed by atoms with Gasteiger partial charge in [-0.1, -0.05) is 11.6 Å². The summed E-state index contributed by atoms with van der Waals surface area (Å²) in [5.41, 5.74) is 1.24. The first-order chi connectivity index (χ1) is 9.79. The van der Waals surface area contributed by atoms with Gasteiger partial charge in [-0.05, 0) is 61.4 Å². The summed E-state index contributed by atoms with van der Waals surface area (Å²) in [4.78, 5) is 8.51. The smallest absolute Gasteiger partial charge is 0.0921 e. The number of aromatic amines is 1. The largest absolute Gasteiger partial charge is 0.348 e. The van der Waals surface area contributed by atoms with E-state index in [0.717, 1.165) is 17.4 Å². The highest BCUT2D eigenvalue weighted by Gasteiger charge is 2.23. The lowest BCUT2D eigenvalue weighted by molar-refractivity contribution is 0.491. The van der Waals surface area contributed by atoms with Gasteiger partial charge in [-0.3, -0.25) is 0 Å². The minimum atomic E-state index is 0.790. The number of benzene rings is 1. The van der Waals surface area contributed by atoms with Gasteiger partial charge in [-0.15, -0.1) is 0 Å². The maximum atomic E-state index is 5.91. The van der Waals surface area contributed by atoms with Gasteiger partial charge in [0.1, 0.15) is 0 Å². The highest BCUT2D eigenvalue weighted by molar-refractivity contribution is 7.97. The van der Waals surface area contributed by atoms with Crippen molar-refractivity contribution in [1.29, 1.82) is 0 Å². The number of imidazole rings is 1. The first kappa shape index (κ1) is 14.0. The number of nitrogens with one attached hydrogen (secondary N) is 1. The normalized spacial score (nSPS) is 19.6. The fraction of sp³-hybridized carbons (Fsp3) is 0.400. The van der Waals surface area contributed by atoms with Crippen LogP contribution in [-0.2, 0) is 6.42 Å². The molecule has 3 rings (SSSR count). The molecule has 1 aromatic carbocycles. The molecule has 0 aliphatic carbocycles. The lowest BCUT2D eigenvalue weighted by Gasteiger charge is -2.14. The molecule has 0 amide bonds. The number of rotatable bonds is 5. The van der Waals surface area contributed by atoms with E-state index in [4.69, 9.17) is 11.6 Å². The van der Waals surface area contributed by atoms with Gasteiger partial charge in [0.2, 0.25) is 0 Å². The predicted octanol–water partition coefficient (Wildman–Crippen LogP) is 4.02. The Morgan fingerprint density at radius 3 is 2.95 bits per heavy atom. The molecule has 0 bridgehead atoms. The second kappa shape index (κ2) is 6.66. The Balaban J connectivity index is 1.46. The second-order valence-electron chi connectivity index (χ2n) is 5.20. The van der Waals surface area contributed by atoms with Gasteiger partial charge < -0.3 is 4.98 Å². The molecule has 1 saturated heterocycles. The highest BCUT2D eigenvalue weighted by atomic mass is 35.5. The van der Waals surface area contributed by atoms with Crippen molar-refractivity contribution in [2.24, 2.45) is 5.92 Å². The van der Waals surface area contributed by atoms with Crippen LogP contribution in [0, 0.1) is 5.92 Å². The van der Waals surface area contributed by atoms with Crippen molar-refractivity contribution >= 4 is 23.5 Å². The summed E-state index contributed by atoms with van der Waals surface area (Å²) in [5, 5.41) is 0.799. The number of aryl methyl sites for hydroxylation is 1. The molecule has 1 atom stereocenters. The van der Waals surface area contributed by atoms with Crippen LogP contribution in [0.15, 0.2) is 41.7 Å². The second-order valence-corrected chi connectivity index (χ2v) is 6.81. The van der Waals surface area contributed by atoms with Gasteiger partial charge in [-0.2, -0.15) is 0 Å². The maximum absolute atomic E-state index is 5.91. The van der Waals surface area contributed by atoms with E-state index in [9.17, 15) is 0 Å². The van der Waals surface area contributed by atoms with E-state index in [0.29, 0.717) is 0 Å². The van der Waals surface area contributed by atoms with E-state index in [1.54, 1.807) is 6.33 Å². The van der Waals surface area contributed by atoms with Crippen molar-refractivity contribution in [3.05, 3.63) is 47.5 Å². The first-order valence-corrected chi connectivity index (χ1v) is 8.10. The molecule has 1 unspecified atom stereocenters. The Bertz CT molecular complexity index is 527. The van der Waals surface area contributed by atoms with Crippen molar-refractivity contribution in [1.82, 2.24) is 14.3 Å². The number of aromatic nitrogens is 2. The fourth-order valence-electron chi connectivity index (χ4n) is 2.54. The summed E-state index contributed by atoms with van der Waals surface area (Å²) in [6, 6.07) is 8.08. The molecule has 20 heavy (non-hydrogen) atoms. The Kier molecular flexibility index (Phi) is 4.65. The molecule has 106 valence electrons. The van der Waals surface area contributed by atoms with E-state index in [2.05, 4.69) is 26.4 Å². The summed E-state index contributed by atoms with van der Waals surface area (Å²) in [7, 11) is 0. The zero-order chi connectivity index (χ0) is 13.8. The quantitative estimate of drug-likeness (QED) is 0.847. The average Bonchev–Trinajstić information content (AvgIpc) is 3.10. The lowest BCUT2D eigenvalue weighted by Crippen LogP contribution is -2.12. The number of nitrogens with zero attached hydrogens (tertiary/aromatic N) is 2. The summed E-state index contributed by atoms with van der Waals surface area (Å²) < 4.78 is 2.46. The standard InChI is InChI=1S/C15H18ClN3S/c16-13-2-5-15(6-3-13)20-19-8-7-12(10-19)1-4-14-9-17-11-18-14/h2-3,5-6,9,11-12H,1,4,7-8,10H2,(H,17,18). The highest BCUT2D eigenvalue weighted by Crippen LogP contribution is 2.31. The van der Waals surface area contributed by atoms with Crippen molar-refractivity contribution in [2.75, 3.05) is 13.1 Å². The molecule has 5 heteroatoms. The summed E-state index contributed by atoms with van der Waals surface area (Å²) in [6.45, 7) is 2.34. The predicted molar refractivity (Wildman–Crippen MR) is 83.9 cm³/mol. The molecular weight excluding hydrogens is 290 g/mol. The van der Waals surface area contributed by atoms with Crippen LogP contribution in [0.4, 0.5) is 0 Å². The topological polar surface area (TPSA) is 31.9 Å². The molecule has 2 aromatic rings. The molecule has 1 aromatic heterocycles. The third-order valence-corrected chi connectivity index (χ3v) is 5.00. The third-order valence-electron chi connectivity index (χ3n) is 3.67. The Morgan fingerprint density at radius 2 is 2.20 bits per heavy atom. The minimum absolute atomic E-state index is 0.790. The summed E-state index contributed by atoms with van der Waals surface area (Å²) in [5.74, 6) is 0.790. The van der Waals surface area contributed by atoms with Gasteiger partial charge >= 0.3 is 0 Å². The molecule has 0 spiro atoms. The molecule has 1 aliphatic rings. The summed E-state index contributed by atoms with van der Waals surface area (Å²) >= 11 is 7.75. The zero-order valence-electron chi connectivity index (χ0n) is 11.3. The van der Waals surface area contributed by atoms with Crippen LogP contribution in [0.5, 0.6) is 0 Å². The molecule has 1 N–H and O–H groups in total. The maximum Gasteiger partial charge on any atom is 0.0921 e. The van der Waals surface area contributed by atoms with E-state index in [-0.39, 0.29) is 0 Å². The summed E-state index contributed by atoms with van der Waals surface area (Å²) in [6.07, 6.45) is 7.31. The SMILES string of the molecule is Clc1ccc(SN2CCC(CCc3cnc[nH]3)C2)cc1. The molecule has 3 nitrogen and oxygen atoms in total. The first-order valence-electron chi connectivity index (χ1n) is 6.95. The van der Waals surface area contributed by atoms with Crippen LogP contribution in [0.3, 0.4) is 0 Å². The zero-order valence-corrected chi connectivity index (χ0v) is 12.8. The Labute approximate surface area is 128 Å². The van der Waals surface area contributed by atoms with Gasteiger partial charge in [0.25, 0.3) is 0 Å². The third kappa shape index (κ3) is 3.78. The number of H-pyrrole nitrogens is 1. The van der Waals surface area contributed by atoms with Crippen LogP contribution < -0.4 is 0 Å². The van der Waals surface area contributed by atoms with Crippen molar-refractivity contribution in [3.63, 3.8) is 0 Å². The van der Waals surface area contributed by atoms with Crippen LogP contribution in [0.1, 0.15) is 18.5 Å². The van der Waals surface area contributed by atoms with Gasteiger partial charge in [0, 0.05) is 34.9 Å². The van der Waals surface area contributed by atoms with Gasteiger partial charge in [0.05, 0.1) is 6.33 Å². The molecule has 0 saturated carbocycles. The average molecular weight is 308 g/mol. The number of halogens is 1. The van der Waals surface area contributed by atoms with E-state index >= 15 is 0 Å². The number of hydrogen-bond donors (Lipinski definition) is 1. The lowest BCUT2D eigenvalue weighted by atomic mass is 10.0. The minimum Gasteiger partial charge on any atom is -0.348 e. The molecule has 1 fully saturated rings. The van der Waals surface area contributed by atoms with Crippen LogP contribution in [0.25, 0.3) is 0 Å². The van der Waals surface area contributed by atoms with Crippen molar-refractivity contribution < 1.29 is 0 Å². The van der Waals surface area contributed by atoms with Gasteiger partial charge in [-0.25, -0.2) is 9.29 Å².